The lowest BCUT2D eigenvalue weighted by atomic mass is 10.2. The maximum absolute atomic E-state index is 9.17. The number of hydrogen-bond acceptors (Lipinski definition) is 3. The highest BCUT2D eigenvalue weighted by atomic mass is 79.9. The predicted octanol–water partition coefficient (Wildman–Crippen LogP) is 4.41. The van der Waals surface area contributed by atoms with Crippen molar-refractivity contribution < 1.29 is 5.11 Å². The lowest BCUT2D eigenvalue weighted by Gasteiger charge is -2.08. The van der Waals surface area contributed by atoms with Crippen molar-refractivity contribution in [3.63, 3.8) is 0 Å². The Hall–Kier alpha value is -1.69. The van der Waals surface area contributed by atoms with Crippen LogP contribution in [0.25, 0.3) is 11.3 Å². The van der Waals surface area contributed by atoms with Crippen LogP contribution >= 0.6 is 28.3 Å². The molecule has 1 heterocycles. The second-order valence-corrected chi connectivity index (χ2v) is 5.78. The van der Waals surface area contributed by atoms with Crippen molar-refractivity contribution in [2.24, 2.45) is 4.99 Å². The lowest BCUT2D eigenvalue weighted by Crippen LogP contribution is -2.16. The Morgan fingerprint density at radius 1 is 0.957 bits per heavy atom. The van der Waals surface area contributed by atoms with E-state index >= 15 is 0 Å². The SMILES string of the molecule is Br.OCCCn1c(-c2ccccc2)csc1=Nc1ccccc1. The smallest absolute Gasteiger partial charge is 0.190 e. The molecule has 0 saturated carbocycles. The van der Waals surface area contributed by atoms with Gasteiger partial charge in [0.25, 0.3) is 0 Å². The summed E-state index contributed by atoms with van der Waals surface area (Å²) < 4.78 is 2.18. The van der Waals surface area contributed by atoms with E-state index in [0.29, 0.717) is 0 Å². The summed E-state index contributed by atoms with van der Waals surface area (Å²) in [5.74, 6) is 0. The van der Waals surface area contributed by atoms with Crippen molar-refractivity contribution in [2.45, 2.75) is 13.0 Å². The number of benzene rings is 2. The minimum absolute atomic E-state index is 0. The van der Waals surface area contributed by atoms with Crippen LogP contribution in [-0.2, 0) is 6.54 Å². The fraction of sp³-hybridized carbons (Fsp3) is 0.167. The Labute approximate surface area is 150 Å². The molecule has 0 amide bonds. The van der Waals surface area contributed by atoms with Crippen molar-refractivity contribution >= 4 is 34.0 Å². The number of aliphatic hydroxyl groups excluding tert-OH is 1. The standard InChI is InChI=1S/C18H18N2OS.BrH/c21-13-7-12-20-17(15-8-3-1-4-9-15)14-22-18(20)19-16-10-5-2-6-11-16;/h1-6,8-11,14,21H,7,12-13H2;1H. The van der Waals surface area contributed by atoms with Crippen LogP contribution in [0, 0.1) is 0 Å². The van der Waals surface area contributed by atoms with Gasteiger partial charge in [0, 0.05) is 18.5 Å². The van der Waals surface area contributed by atoms with Crippen molar-refractivity contribution in [1.82, 2.24) is 4.57 Å². The average Bonchev–Trinajstić information content (AvgIpc) is 2.97. The molecule has 23 heavy (non-hydrogen) atoms. The van der Waals surface area contributed by atoms with Gasteiger partial charge in [-0.2, -0.15) is 0 Å². The highest BCUT2D eigenvalue weighted by Crippen LogP contribution is 2.20. The minimum Gasteiger partial charge on any atom is -0.396 e. The minimum atomic E-state index is 0. The molecule has 3 rings (SSSR count). The van der Waals surface area contributed by atoms with Gasteiger partial charge in [-0.25, -0.2) is 4.99 Å². The van der Waals surface area contributed by atoms with E-state index in [1.54, 1.807) is 11.3 Å². The molecule has 0 saturated heterocycles. The lowest BCUT2D eigenvalue weighted by molar-refractivity contribution is 0.279. The molecule has 1 aromatic heterocycles. The van der Waals surface area contributed by atoms with Crippen molar-refractivity contribution in [1.29, 1.82) is 0 Å². The second kappa shape index (κ2) is 8.82. The number of aliphatic hydroxyl groups is 1. The molecule has 0 unspecified atom stereocenters. The van der Waals surface area contributed by atoms with Crippen LogP contribution in [0.1, 0.15) is 6.42 Å². The summed E-state index contributed by atoms with van der Waals surface area (Å²) >= 11 is 1.63. The molecule has 120 valence electrons. The third-order valence-corrected chi connectivity index (χ3v) is 4.25. The molecule has 2 aromatic carbocycles. The molecule has 0 bridgehead atoms. The van der Waals surface area contributed by atoms with Gasteiger partial charge in [0.05, 0.1) is 11.4 Å². The Bertz CT molecular complexity index is 782. The zero-order valence-corrected chi connectivity index (χ0v) is 15.2. The van der Waals surface area contributed by atoms with Crippen LogP contribution in [0.4, 0.5) is 5.69 Å². The van der Waals surface area contributed by atoms with Gasteiger partial charge in [-0.1, -0.05) is 48.5 Å². The van der Waals surface area contributed by atoms with E-state index < -0.39 is 0 Å². The molecular formula is C18H19BrN2OS. The first-order chi connectivity index (χ1) is 10.9. The highest BCUT2D eigenvalue weighted by molar-refractivity contribution is 8.93. The van der Waals surface area contributed by atoms with Gasteiger partial charge in [-0.15, -0.1) is 28.3 Å². The third kappa shape index (κ3) is 4.41. The number of rotatable bonds is 5. The zero-order chi connectivity index (χ0) is 15.2. The number of para-hydroxylation sites is 1. The normalized spacial score (nSPS) is 11.3. The number of halogens is 1. The third-order valence-electron chi connectivity index (χ3n) is 3.39. The van der Waals surface area contributed by atoms with Gasteiger partial charge in [0.1, 0.15) is 0 Å². The summed E-state index contributed by atoms with van der Waals surface area (Å²) in [5, 5.41) is 11.3. The molecule has 3 nitrogen and oxygen atoms in total. The first-order valence-electron chi connectivity index (χ1n) is 7.33. The molecular weight excluding hydrogens is 372 g/mol. The van der Waals surface area contributed by atoms with Crippen molar-refractivity contribution in [2.75, 3.05) is 6.61 Å². The summed E-state index contributed by atoms with van der Waals surface area (Å²) in [5.41, 5.74) is 3.27. The quantitative estimate of drug-likeness (QED) is 0.688. The van der Waals surface area contributed by atoms with Crippen molar-refractivity contribution in [3.05, 3.63) is 70.8 Å². The summed E-state index contributed by atoms with van der Waals surface area (Å²) in [6.45, 7) is 0.942. The van der Waals surface area contributed by atoms with Crippen molar-refractivity contribution in [3.8, 4) is 11.3 Å². The van der Waals surface area contributed by atoms with Crippen LogP contribution < -0.4 is 4.80 Å². The van der Waals surface area contributed by atoms with Gasteiger partial charge < -0.3 is 9.67 Å². The van der Waals surface area contributed by atoms with E-state index in [1.165, 1.54) is 5.56 Å². The van der Waals surface area contributed by atoms with Crippen LogP contribution in [-0.4, -0.2) is 16.3 Å². The Balaban J connectivity index is 0.00000192. The first-order valence-corrected chi connectivity index (χ1v) is 8.21. The molecule has 5 heteroatoms. The van der Waals surface area contributed by atoms with Gasteiger partial charge in [-0.05, 0) is 24.1 Å². The highest BCUT2D eigenvalue weighted by Gasteiger charge is 2.07. The summed E-state index contributed by atoms with van der Waals surface area (Å²) in [7, 11) is 0. The number of thiazole rings is 1. The second-order valence-electron chi connectivity index (χ2n) is 4.95. The summed E-state index contributed by atoms with van der Waals surface area (Å²) in [6.07, 6.45) is 0.721. The van der Waals surface area contributed by atoms with E-state index in [1.807, 2.05) is 48.5 Å². The summed E-state index contributed by atoms with van der Waals surface area (Å²) in [6, 6.07) is 20.3. The Morgan fingerprint density at radius 3 is 2.26 bits per heavy atom. The molecule has 0 aliphatic carbocycles. The Morgan fingerprint density at radius 2 is 1.61 bits per heavy atom. The average molecular weight is 391 g/mol. The van der Waals surface area contributed by atoms with E-state index in [0.717, 1.165) is 29.1 Å². The maximum Gasteiger partial charge on any atom is 0.190 e. The molecule has 3 aromatic rings. The topological polar surface area (TPSA) is 37.5 Å². The molecule has 1 N–H and O–H groups in total. The molecule has 0 radical (unpaired) electrons. The van der Waals surface area contributed by atoms with Gasteiger partial charge in [0.2, 0.25) is 0 Å². The van der Waals surface area contributed by atoms with Gasteiger partial charge >= 0.3 is 0 Å². The molecule has 0 spiro atoms. The molecule has 0 fully saturated rings. The number of hydrogen-bond donors (Lipinski definition) is 1. The number of nitrogens with zero attached hydrogens (tertiary/aromatic N) is 2. The zero-order valence-electron chi connectivity index (χ0n) is 12.6. The summed E-state index contributed by atoms with van der Waals surface area (Å²) in [4.78, 5) is 5.70. The van der Waals surface area contributed by atoms with E-state index in [9.17, 15) is 0 Å². The Kier molecular flexibility index (Phi) is 6.77. The fourth-order valence-corrected chi connectivity index (χ4v) is 3.27. The number of aromatic nitrogens is 1. The predicted molar refractivity (Wildman–Crippen MR) is 101 cm³/mol. The molecule has 0 aliphatic heterocycles. The monoisotopic (exact) mass is 390 g/mol. The van der Waals surface area contributed by atoms with E-state index in [4.69, 9.17) is 10.1 Å². The fourth-order valence-electron chi connectivity index (χ4n) is 2.32. The first kappa shape index (κ1) is 17.7. The molecule has 0 atom stereocenters. The van der Waals surface area contributed by atoms with Gasteiger partial charge in [0.15, 0.2) is 4.80 Å². The van der Waals surface area contributed by atoms with E-state index in [-0.39, 0.29) is 23.6 Å². The maximum atomic E-state index is 9.17. The van der Waals surface area contributed by atoms with Gasteiger partial charge in [-0.3, -0.25) is 0 Å². The van der Waals surface area contributed by atoms with Crippen LogP contribution in [0.5, 0.6) is 0 Å². The van der Waals surface area contributed by atoms with E-state index in [2.05, 4.69) is 22.1 Å². The van der Waals surface area contributed by atoms with Crippen LogP contribution in [0.15, 0.2) is 71.0 Å². The van der Waals surface area contributed by atoms with Crippen LogP contribution in [0.2, 0.25) is 0 Å². The molecule has 0 aliphatic rings. The van der Waals surface area contributed by atoms with Crippen LogP contribution in [0.3, 0.4) is 0 Å². The largest absolute Gasteiger partial charge is 0.396 e.